The van der Waals surface area contributed by atoms with E-state index in [0.717, 1.165) is 0 Å². The molecule has 9 heteroatoms. The van der Waals surface area contributed by atoms with Crippen LogP contribution in [0.2, 0.25) is 10.0 Å². The summed E-state index contributed by atoms with van der Waals surface area (Å²) in [6.45, 7) is 0. The minimum Gasteiger partial charge on any atom is -0.497 e. The number of aromatic nitrogens is 3. The lowest BCUT2D eigenvalue weighted by atomic mass is 10.2. The number of nitrogens with zero attached hydrogens (tertiary/aromatic N) is 3. The Morgan fingerprint density at radius 1 is 1.15 bits per heavy atom. The Morgan fingerprint density at radius 3 is 2.54 bits per heavy atom. The van der Waals surface area contributed by atoms with Gasteiger partial charge in [0.25, 0.3) is 0 Å². The van der Waals surface area contributed by atoms with Crippen LogP contribution >= 0.6 is 35.4 Å². The molecule has 2 aromatic carbocycles. The van der Waals surface area contributed by atoms with Gasteiger partial charge in [-0.1, -0.05) is 29.3 Å². The first kappa shape index (κ1) is 18.4. The van der Waals surface area contributed by atoms with Crippen LogP contribution in [-0.2, 0) is 0 Å². The van der Waals surface area contributed by atoms with Crippen LogP contribution in [0.25, 0.3) is 11.4 Å². The van der Waals surface area contributed by atoms with Crippen molar-refractivity contribution in [1.29, 1.82) is 0 Å². The molecule has 0 spiro atoms. The fourth-order valence-corrected chi connectivity index (χ4v) is 2.98. The second-order valence-electron chi connectivity index (χ2n) is 5.11. The molecule has 1 aromatic heterocycles. The molecule has 1 N–H and O–H groups in total. The summed E-state index contributed by atoms with van der Waals surface area (Å²) in [5, 5.41) is 12.3. The van der Waals surface area contributed by atoms with Gasteiger partial charge in [0.1, 0.15) is 11.5 Å². The highest BCUT2D eigenvalue weighted by molar-refractivity contribution is 7.71. The summed E-state index contributed by atoms with van der Waals surface area (Å²) in [4.78, 5) is 0. The van der Waals surface area contributed by atoms with Crippen LogP contribution in [-0.4, -0.2) is 35.3 Å². The third-order valence-corrected chi connectivity index (χ3v) is 4.53. The smallest absolute Gasteiger partial charge is 0.216 e. The van der Waals surface area contributed by atoms with E-state index in [-0.39, 0.29) is 0 Å². The molecule has 0 fully saturated rings. The van der Waals surface area contributed by atoms with Crippen molar-refractivity contribution in [2.24, 2.45) is 5.10 Å². The van der Waals surface area contributed by atoms with Crippen molar-refractivity contribution in [2.75, 3.05) is 14.2 Å². The van der Waals surface area contributed by atoms with E-state index < -0.39 is 0 Å². The number of halogens is 2. The molecule has 0 bridgehead atoms. The summed E-state index contributed by atoms with van der Waals surface area (Å²) >= 11 is 17.6. The molecular weight excluding hydrogens is 395 g/mol. The quantitative estimate of drug-likeness (QED) is 0.485. The number of ether oxygens (including phenoxy) is 2. The fourth-order valence-electron chi connectivity index (χ4n) is 2.31. The number of methoxy groups -OCH3 is 2. The summed E-state index contributed by atoms with van der Waals surface area (Å²) in [5.41, 5.74) is 1.29. The van der Waals surface area contributed by atoms with E-state index in [4.69, 9.17) is 44.9 Å². The van der Waals surface area contributed by atoms with Gasteiger partial charge in [-0.2, -0.15) is 14.9 Å². The van der Waals surface area contributed by atoms with Crippen LogP contribution in [0.15, 0.2) is 41.5 Å². The lowest BCUT2D eigenvalue weighted by Crippen LogP contribution is -1.98. The summed E-state index contributed by atoms with van der Waals surface area (Å²) < 4.78 is 12.4. The van der Waals surface area contributed by atoms with Gasteiger partial charge in [0.05, 0.1) is 36.0 Å². The number of rotatable bonds is 5. The number of hydrogen-bond acceptors (Lipinski definition) is 5. The molecule has 0 aliphatic rings. The second kappa shape index (κ2) is 7.90. The van der Waals surface area contributed by atoms with Gasteiger partial charge < -0.3 is 9.47 Å². The van der Waals surface area contributed by atoms with Gasteiger partial charge in [-0.3, -0.25) is 0 Å². The van der Waals surface area contributed by atoms with Crippen molar-refractivity contribution < 1.29 is 9.47 Å². The Labute approximate surface area is 165 Å². The van der Waals surface area contributed by atoms with Gasteiger partial charge in [0.15, 0.2) is 5.82 Å². The molecule has 0 radical (unpaired) electrons. The molecule has 134 valence electrons. The summed E-state index contributed by atoms with van der Waals surface area (Å²) in [6, 6.07) is 10.6. The van der Waals surface area contributed by atoms with Crippen molar-refractivity contribution in [3.63, 3.8) is 0 Å². The van der Waals surface area contributed by atoms with Crippen LogP contribution in [0.4, 0.5) is 0 Å². The molecule has 6 nitrogen and oxygen atoms in total. The molecule has 3 aromatic rings. The molecule has 0 atom stereocenters. The van der Waals surface area contributed by atoms with E-state index in [1.54, 1.807) is 44.6 Å². The SMILES string of the molecule is COc1ccc(-c2n[nH]c(=S)n2/N=C\c2c(Cl)cccc2Cl)c(OC)c1. The van der Waals surface area contributed by atoms with Crippen LogP contribution in [0.5, 0.6) is 11.5 Å². The van der Waals surface area contributed by atoms with Gasteiger partial charge in [-0.25, -0.2) is 5.10 Å². The number of H-pyrrole nitrogens is 1. The van der Waals surface area contributed by atoms with E-state index >= 15 is 0 Å². The lowest BCUT2D eigenvalue weighted by Gasteiger charge is -2.09. The third-order valence-electron chi connectivity index (χ3n) is 3.60. The second-order valence-corrected chi connectivity index (χ2v) is 6.31. The third kappa shape index (κ3) is 3.60. The molecule has 3 rings (SSSR count). The van der Waals surface area contributed by atoms with E-state index in [2.05, 4.69) is 15.3 Å². The molecule has 0 saturated heterocycles. The minimum atomic E-state index is 0.317. The highest BCUT2D eigenvalue weighted by Gasteiger charge is 2.15. The van der Waals surface area contributed by atoms with Crippen LogP contribution < -0.4 is 9.47 Å². The number of benzene rings is 2. The number of nitrogens with one attached hydrogen (secondary N) is 1. The first-order valence-corrected chi connectivity index (χ1v) is 8.59. The largest absolute Gasteiger partial charge is 0.497 e. The molecule has 0 amide bonds. The topological polar surface area (TPSA) is 64.4 Å². The monoisotopic (exact) mass is 408 g/mol. The van der Waals surface area contributed by atoms with E-state index in [1.807, 2.05) is 6.07 Å². The Kier molecular flexibility index (Phi) is 5.61. The number of hydrogen-bond donors (Lipinski definition) is 1. The molecular formula is C17H14Cl2N4O2S. The highest BCUT2D eigenvalue weighted by atomic mass is 35.5. The van der Waals surface area contributed by atoms with Crippen LogP contribution in [0, 0.1) is 4.77 Å². The summed E-state index contributed by atoms with van der Waals surface area (Å²) in [6.07, 6.45) is 1.54. The molecule has 0 aliphatic heterocycles. The molecule has 0 unspecified atom stereocenters. The lowest BCUT2D eigenvalue weighted by molar-refractivity contribution is 0.395. The molecule has 0 aliphatic carbocycles. The average molecular weight is 409 g/mol. The molecule has 26 heavy (non-hydrogen) atoms. The van der Waals surface area contributed by atoms with E-state index in [0.29, 0.717) is 43.3 Å². The van der Waals surface area contributed by atoms with Crippen LogP contribution in [0.1, 0.15) is 5.56 Å². The van der Waals surface area contributed by atoms with E-state index in [9.17, 15) is 0 Å². The minimum absolute atomic E-state index is 0.317. The fraction of sp³-hybridized carbons (Fsp3) is 0.118. The maximum Gasteiger partial charge on any atom is 0.216 e. The van der Waals surface area contributed by atoms with Gasteiger partial charge in [-0.15, -0.1) is 0 Å². The van der Waals surface area contributed by atoms with Crippen LogP contribution in [0.3, 0.4) is 0 Å². The Hall–Kier alpha value is -2.35. The predicted molar refractivity (Wildman–Crippen MR) is 105 cm³/mol. The van der Waals surface area contributed by atoms with Gasteiger partial charge in [0, 0.05) is 11.6 Å². The highest BCUT2D eigenvalue weighted by Crippen LogP contribution is 2.32. The van der Waals surface area contributed by atoms with Gasteiger partial charge >= 0.3 is 0 Å². The normalized spacial score (nSPS) is 11.1. The number of aromatic amines is 1. The summed E-state index contributed by atoms with van der Waals surface area (Å²) in [5.74, 6) is 1.72. The maximum absolute atomic E-state index is 6.18. The molecule has 0 saturated carbocycles. The van der Waals surface area contributed by atoms with Crippen molar-refractivity contribution in [3.05, 3.63) is 56.8 Å². The standard InChI is InChI=1S/C17H14Cl2N4O2S/c1-24-10-6-7-11(15(8-10)25-2)16-21-22-17(26)23(16)20-9-12-13(18)4-3-5-14(12)19/h3-9H,1-2H3,(H,22,26)/b20-9-. The predicted octanol–water partition coefficient (Wildman–Crippen LogP) is 4.81. The Balaban J connectivity index is 2.09. The van der Waals surface area contributed by atoms with Crippen molar-refractivity contribution in [2.45, 2.75) is 0 Å². The molecule has 1 heterocycles. The summed E-state index contributed by atoms with van der Waals surface area (Å²) in [7, 11) is 3.15. The Morgan fingerprint density at radius 2 is 1.88 bits per heavy atom. The van der Waals surface area contributed by atoms with E-state index in [1.165, 1.54) is 10.9 Å². The van der Waals surface area contributed by atoms with Crippen molar-refractivity contribution in [1.82, 2.24) is 14.9 Å². The van der Waals surface area contributed by atoms with Crippen molar-refractivity contribution >= 4 is 41.6 Å². The Bertz CT molecular complexity index is 1010. The zero-order chi connectivity index (χ0) is 18.7. The van der Waals surface area contributed by atoms with Crippen molar-refractivity contribution in [3.8, 4) is 22.9 Å². The van der Waals surface area contributed by atoms with Gasteiger partial charge in [-0.05, 0) is 36.5 Å². The first-order chi connectivity index (χ1) is 12.5. The zero-order valence-electron chi connectivity index (χ0n) is 13.9. The van der Waals surface area contributed by atoms with Gasteiger partial charge in [0.2, 0.25) is 4.77 Å². The average Bonchev–Trinajstić information content (AvgIpc) is 3.01. The maximum atomic E-state index is 6.18. The zero-order valence-corrected chi connectivity index (χ0v) is 16.2. The first-order valence-electron chi connectivity index (χ1n) is 7.43.